The second-order valence-corrected chi connectivity index (χ2v) is 5.31. The number of urea groups is 1. The maximum atomic E-state index is 12.0. The summed E-state index contributed by atoms with van der Waals surface area (Å²) in [6, 6.07) is 2.05. The molecule has 2 amide bonds. The van der Waals surface area contributed by atoms with Gasteiger partial charge in [0, 0.05) is 24.8 Å². The quantitative estimate of drug-likeness (QED) is 0.909. The van der Waals surface area contributed by atoms with Gasteiger partial charge in [0.1, 0.15) is 6.10 Å². The number of likely N-dealkylation sites (tertiary alicyclic amines) is 1. The van der Waals surface area contributed by atoms with Crippen molar-refractivity contribution >= 4 is 6.03 Å². The fraction of sp³-hybridized carbons (Fsp3) is 0.643. The number of ether oxygens (including phenoxy) is 2. The third kappa shape index (κ3) is 4.47. The van der Waals surface area contributed by atoms with Crippen LogP contribution in [0.15, 0.2) is 12.3 Å². The van der Waals surface area contributed by atoms with Crippen LogP contribution in [0.2, 0.25) is 0 Å². The van der Waals surface area contributed by atoms with Crippen LogP contribution in [0.1, 0.15) is 26.7 Å². The van der Waals surface area contributed by atoms with E-state index >= 15 is 0 Å². The maximum Gasteiger partial charge on any atom is 0.319 e. The van der Waals surface area contributed by atoms with Crippen LogP contribution in [0.5, 0.6) is 11.9 Å². The summed E-state index contributed by atoms with van der Waals surface area (Å²) < 4.78 is 10.8. The van der Waals surface area contributed by atoms with E-state index in [-0.39, 0.29) is 24.2 Å². The lowest BCUT2D eigenvalue weighted by Gasteiger charge is -2.33. The number of nitrogens with zero attached hydrogens (tertiary/aromatic N) is 3. The minimum absolute atomic E-state index is 0.0430. The van der Waals surface area contributed by atoms with Gasteiger partial charge in [-0.1, -0.05) is 0 Å². The van der Waals surface area contributed by atoms with Gasteiger partial charge in [-0.2, -0.15) is 4.98 Å². The molecule has 0 spiro atoms. The predicted molar refractivity (Wildman–Crippen MR) is 77.5 cm³/mol. The van der Waals surface area contributed by atoms with Crippen LogP contribution in [0.3, 0.4) is 0 Å². The van der Waals surface area contributed by atoms with Crippen molar-refractivity contribution in [2.24, 2.45) is 0 Å². The second-order valence-electron chi connectivity index (χ2n) is 5.31. The van der Waals surface area contributed by atoms with Crippen LogP contribution in [0.25, 0.3) is 0 Å². The zero-order chi connectivity index (χ0) is 15.2. The molecule has 0 bridgehead atoms. The summed E-state index contributed by atoms with van der Waals surface area (Å²) in [6.07, 6.45) is 3.35. The maximum absolute atomic E-state index is 12.0. The summed E-state index contributed by atoms with van der Waals surface area (Å²) in [4.78, 5) is 21.9. The molecule has 21 heavy (non-hydrogen) atoms. The Hall–Kier alpha value is -2.05. The first-order valence-electron chi connectivity index (χ1n) is 7.17. The van der Waals surface area contributed by atoms with Gasteiger partial charge in [-0.05, 0) is 26.7 Å². The molecule has 2 heterocycles. The zero-order valence-electron chi connectivity index (χ0n) is 12.7. The standard InChI is InChI=1S/C14H22N4O3/c1-10(2)16-14(19)18-8-4-5-11(9-18)21-12-6-7-15-13(17-12)20-3/h6-7,10-11H,4-5,8-9H2,1-3H3,(H,16,19). The highest BCUT2D eigenvalue weighted by molar-refractivity contribution is 5.74. The van der Waals surface area contributed by atoms with E-state index in [1.165, 1.54) is 7.11 Å². The van der Waals surface area contributed by atoms with Gasteiger partial charge >= 0.3 is 12.0 Å². The van der Waals surface area contributed by atoms with E-state index in [0.29, 0.717) is 12.4 Å². The Bertz CT molecular complexity index is 481. The van der Waals surface area contributed by atoms with Crippen LogP contribution in [0, 0.1) is 0 Å². The van der Waals surface area contributed by atoms with E-state index in [2.05, 4.69) is 15.3 Å². The number of piperidine rings is 1. The summed E-state index contributed by atoms with van der Waals surface area (Å²) >= 11 is 0. The number of rotatable bonds is 4. The lowest BCUT2D eigenvalue weighted by Crippen LogP contribution is -2.50. The number of hydrogen-bond acceptors (Lipinski definition) is 5. The smallest absolute Gasteiger partial charge is 0.319 e. The lowest BCUT2D eigenvalue weighted by atomic mass is 10.1. The third-order valence-electron chi connectivity index (χ3n) is 3.16. The van der Waals surface area contributed by atoms with E-state index in [4.69, 9.17) is 9.47 Å². The number of aromatic nitrogens is 2. The monoisotopic (exact) mass is 294 g/mol. The van der Waals surface area contributed by atoms with Crippen LogP contribution in [-0.2, 0) is 0 Å². The topological polar surface area (TPSA) is 76.6 Å². The van der Waals surface area contributed by atoms with Crippen molar-refractivity contribution in [3.8, 4) is 11.9 Å². The van der Waals surface area contributed by atoms with Crippen molar-refractivity contribution in [1.29, 1.82) is 0 Å². The largest absolute Gasteiger partial charge is 0.472 e. The Morgan fingerprint density at radius 1 is 1.52 bits per heavy atom. The highest BCUT2D eigenvalue weighted by Crippen LogP contribution is 2.18. The Balaban J connectivity index is 1.93. The van der Waals surface area contributed by atoms with Crippen molar-refractivity contribution in [1.82, 2.24) is 20.2 Å². The SMILES string of the molecule is COc1nccc(OC2CCCN(C(=O)NC(C)C)C2)n1. The molecule has 1 aliphatic rings. The van der Waals surface area contributed by atoms with Gasteiger partial charge in [-0.25, -0.2) is 9.78 Å². The average Bonchev–Trinajstić information content (AvgIpc) is 2.47. The van der Waals surface area contributed by atoms with Crippen molar-refractivity contribution in [2.75, 3.05) is 20.2 Å². The molecule has 1 aliphatic heterocycles. The van der Waals surface area contributed by atoms with E-state index < -0.39 is 0 Å². The molecule has 116 valence electrons. The summed E-state index contributed by atoms with van der Waals surface area (Å²) in [5, 5.41) is 2.90. The molecule has 0 radical (unpaired) electrons. The normalized spacial score (nSPS) is 18.5. The van der Waals surface area contributed by atoms with E-state index in [0.717, 1.165) is 19.4 Å². The number of methoxy groups -OCH3 is 1. The summed E-state index contributed by atoms with van der Waals surface area (Å²) in [6.45, 7) is 5.21. The van der Waals surface area contributed by atoms with Gasteiger partial charge < -0.3 is 19.7 Å². The third-order valence-corrected chi connectivity index (χ3v) is 3.16. The van der Waals surface area contributed by atoms with Crippen molar-refractivity contribution in [3.05, 3.63) is 12.3 Å². The van der Waals surface area contributed by atoms with Gasteiger partial charge in [0.15, 0.2) is 0 Å². The van der Waals surface area contributed by atoms with Gasteiger partial charge in [0.25, 0.3) is 0 Å². The molecule has 1 fully saturated rings. The van der Waals surface area contributed by atoms with Crippen molar-refractivity contribution in [2.45, 2.75) is 38.8 Å². The molecule has 7 heteroatoms. The summed E-state index contributed by atoms with van der Waals surface area (Å²) in [7, 11) is 1.51. The summed E-state index contributed by atoms with van der Waals surface area (Å²) in [5.74, 6) is 0.470. The van der Waals surface area contributed by atoms with Gasteiger partial charge in [-0.15, -0.1) is 0 Å². The highest BCUT2D eigenvalue weighted by atomic mass is 16.5. The Morgan fingerprint density at radius 3 is 3.05 bits per heavy atom. The molecule has 7 nitrogen and oxygen atoms in total. The molecule has 1 aromatic heterocycles. The number of amides is 2. The molecule has 1 atom stereocenters. The molecule has 1 unspecified atom stereocenters. The molecule has 0 saturated carbocycles. The van der Waals surface area contributed by atoms with Gasteiger partial charge in [-0.3, -0.25) is 0 Å². The number of hydrogen-bond donors (Lipinski definition) is 1. The Morgan fingerprint density at radius 2 is 2.33 bits per heavy atom. The molecular formula is C14H22N4O3. The molecule has 0 aliphatic carbocycles. The first kappa shape index (κ1) is 15.3. The minimum atomic E-state index is -0.0590. The number of carbonyl (C=O) groups excluding carboxylic acids is 1. The minimum Gasteiger partial charge on any atom is -0.472 e. The molecular weight excluding hydrogens is 272 g/mol. The fourth-order valence-electron chi connectivity index (χ4n) is 2.22. The summed E-state index contributed by atoms with van der Waals surface area (Å²) in [5.41, 5.74) is 0. The highest BCUT2D eigenvalue weighted by Gasteiger charge is 2.25. The molecule has 1 saturated heterocycles. The van der Waals surface area contributed by atoms with E-state index in [1.807, 2.05) is 13.8 Å². The van der Waals surface area contributed by atoms with Crippen LogP contribution >= 0.6 is 0 Å². The fourth-order valence-corrected chi connectivity index (χ4v) is 2.22. The first-order valence-corrected chi connectivity index (χ1v) is 7.17. The number of nitrogens with one attached hydrogen (secondary N) is 1. The van der Waals surface area contributed by atoms with Gasteiger partial charge in [0.05, 0.1) is 13.7 Å². The first-order chi connectivity index (χ1) is 10.1. The van der Waals surface area contributed by atoms with E-state index in [9.17, 15) is 4.79 Å². The molecule has 0 aromatic carbocycles. The second kappa shape index (κ2) is 7.10. The number of carbonyl (C=O) groups is 1. The zero-order valence-corrected chi connectivity index (χ0v) is 12.7. The van der Waals surface area contributed by atoms with Gasteiger partial charge in [0.2, 0.25) is 5.88 Å². The van der Waals surface area contributed by atoms with Crippen LogP contribution in [-0.4, -0.2) is 53.2 Å². The van der Waals surface area contributed by atoms with Crippen molar-refractivity contribution in [3.63, 3.8) is 0 Å². The lowest BCUT2D eigenvalue weighted by molar-refractivity contribution is 0.0963. The molecule has 1 aromatic rings. The van der Waals surface area contributed by atoms with Crippen LogP contribution in [0.4, 0.5) is 4.79 Å². The average molecular weight is 294 g/mol. The Labute approximate surface area is 124 Å². The molecule has 1 N–H and O–H groups in total. The predicted octanol–water partition coefficient (Wildman–Crippen LogP) is 1.45. The Kier molecular flexibility index (Phi) is 5.19. The van der Waals surface area contributed by atoms with Crippen molar-refractivity contribution < 1.29 is 14.3 Å². The van der Waals surface area contributed by atoms with E-state index in [1.54, 1.807) is 17.2 Å². The molecule has 2 rings (SSSR count). The van der Waals surface area contributed by atoms with Crippen LogP contribution < -0.4 is 14.8 Å².